The molecular weight excluding hydrogens is 375 g/mol. The summed E-state index contributed by atoms with van der Waals surface area (Å²) in [6.45, 7) is 0.346. The van der Waals surface area contributed by atoms with E-state index in [1.54, 1.807) is 12.1 Å². The Morgan fingerprint density at radius 2 is 1.84 bits per heavy atom. The summed E-state index contributed by atoms with van der Waals surface area (Å²) in [5.41, 5.74) is 1.70. The van der Waals surface area contributed by atoms with E-state index in [9.17, 15) is 4.39 Å². The highest BCUT2D eigenvalue weighted by molar-refractivity contribution is 9.11. The zero-order valence-electron chi connectivity index (χ0n) is 9.75. The molecule has 2 nitrogen and oxygen atoms in total. The van der Waals surface area contributed by atoms with E-state index < -0.39 is 0 Å². The summed E-state index contributed by atoms with van der Waals surface area (Å²) in [4.78, 5) is 0. The molecule has 0 saturated heterocycles. The molecule has 0 aliphatic rings. The van der Waals surface area contributed by atoms with Crippen LogP contribution in [-0.4, -0.2) is 0 Å². The third-order valence-electron chi connectivity index (χ3n) is 2.60. The molecule has 0 heterocycles. The number of para-hydroxylation sites is 1. The Kier molecular flexibility index (Phi) is 4.56. The van der Waals surface area contributed by atoms with Crippen molar-refractivity contribution in [3.63, 3.8) is 0 Å². The van der Waals surface area contributed by atoms with Crippen LogP contribution in [0.2, 0.25) is 0 Å². The number of nitriles is 1. The van der Waals surface area contributed by atoms with E-state index in [-0.39, 0.29) is 5.82 Å². The van der Waals surface area contributed by atoms with E-state index in [0.717, 1.165) is 14.6 Å². The van der Waals surface area contributed by atoms with Gasteiger partial charge in [0, 0.05) is 21.1 Å². The number of nitrogens with zero attached hydrogens (tertiary/aromatic N) is 1. The van der Waals surface area contributed by atoms with E-state index in [1.807, 2.05) is 24.3 Å². The van der Waals surface area contributed by atoms with Crippen LogP contribution in [0.5, 0.6) is 0 Å². The van der Waals surface area contributed by atoms with Crippen LogP contribution in [0.15, 0.2) is 45.3 Å². The van der Waals surface area contributed by atoms with Crippen LogP contribution in [0.1, 0.15) is 11.1 Å². The first-order valence-corrected chi connectivity index (χ1v) is 7.07. The average Bonchev–Trinajstić information content (AvgIpc) is 2.39. The molecule has 0 aliphatic carbocycles. The molecule has 0 aliphatic heterocycles. The minimum Gasteiger partial charge on any atom is -0.379 e. The standard InChI is InChI=1S/C14H9Br2FN2/c15-11-2-1-3-12(16)14(11)19-8-10-5-4-9(7-18)6-13(10)17/h1-6,19H,8H2. The lowest BCUT2D eigenvalue weighted by Crippen LogP contribution is -2.03. The second-order valence-corrected chi connectivity index (χ2v) is 5.58. The highest BCUT2D eigenvalue weighted by Gasteiger charge is 2.07. The fourth-order valence-corrected chi connectivity index (χ4v) is 2.89. The minimum absolute atomic E-state index is 0.323. The number of rotatable bonds is 3. The quantitative estimate of drug-likeness (QED) is 0.823. The van der Waals surface area contributed by atoms with Crippen molar-refractivity contribution in [2.45, 2.75) is 6.54 Å². The van der Waals surface area contributed by atoms with Gasteiger partial charge < -0.3 is 5.32 Å². The molecule has 0 radical (unpaired) electrons. The average molecular weight is 384 g/mol. The van der Waals surface area contributed by atoms with E-state index in [0.29, 0.717) is 17.7 Å². The fraction of sp³-hybridized carbons (Fsp3) is 0.0714. The van der Waals surface area contributed by atoms with Gasteiger partial charge in [0.05, 0.1) is 17.3 Å². The largest absolute Gasteiger partial charge is 0.379 e. The van der Waals surface area contributed by atoms with Crippen molar-refractivity contribution in [2.24, 2.45) is 0 Å². The molecule has 0 saturated carbocycles. The van der Waals surface area contributed by atoms with E-state index in [4.69, 9.17) is 5.26 Å². The molecule has 2 rings (SSSR count). The lowest BCUT2D eigenvalue weighted by molar-refractivity contribution is 0.612. The van der Waals surface area contributed by atoms with Gasteiger partial charge in [-0.1, -0.05) is 12.1 Å². The van der Waals surface area contributed by atoms with Crippen LogP contribution < -0.4 is 5.32 Å². The number of halogens is 3. The van der Waals surface area contributed by atoms with Crippen molar-refractivity contribution >= 4 is 37.5 Å². The van der Waals surface area contributed by atoms with Gasteiger partial charge in [0.25, 0.3) is 0 Å². The highest BCUT2D eigenvalue weighted by atomic mass is 79.9. The Balaban J connectivity index is 2.17. The number of nitrogens with one attached hydrogen (secondary N) is 1. The van der Waals surface area contributed by atoms with Crippen molar-refractivity contribution in [3.8, 4) is 6.07 Å². The third-order valence-corrected chi connectivity index (χ3v) is 3.92. The molecule has 96 valence electrons. The third kappa shape index (κ3) is 3.34. The summed E-state index contributed by atoms with van der Waals surface area (Å²) in [6.07, 6.45) is 0. The van der Waals surface area contributed by atoms with Gasteiger partial charge in [-0.15, -0.1) is 0 Å². The van der Waals surface area contributed by atoms with Crippen molar-refractivity contribution in [1.29, 1.82) is 5.26 Å². The van der Waals surface area contributed by atoms with Crippen LogP contribution in [0.3, 0.4) is 0 Å². The molecule has 5 heteroatoms. The van der Waals surface area contributed by atoms with Gasteiger partial charge in [-0.25, -0.2) is 4.39 Å². The second-order valence-electron chi connectivity index (χ2n) is 3.87. The molecule has 0 spiro atoms. The Morgan fingerprint density at radius 3 is 2.42 bits per heavy atom. The maximum atomic E-state index is 13.7. The van der Waals surface area contributed by atoms with Crippen LogP contribution in [-0.2, 0) is 6.54 Å². The van der Waals surface area contributed by atoms with Crippen LogP contribution in [0, 0.1) is 17.1 Å². The predicted octanol–water partition coefficient (Wildman–Crippen LogP) is 4.83. The summed E-state index contributed by atoms with van der Waals surface area (Å²) < 4.78 is 15.5. The van der Waals surface area contributed by atoms with Crippen molar-refractivity contribution in [1.82, 2.24) is 0 Å². The van der Waals surface area contributed by atoms with Gasteiger partial charge in [-0.2, -0.15) is 5.26 Å². The Hall–Kier alpha value is -1.38. The zero-order chi connectivity index (χ0) is 13.8. The van der Waals surface area contributed by atoms with E-state index in [2.05, 4.69) is 37.2 Å². The van der Waals surface area contributed by atoms with Crippen molar-refractivity contribution in [3.05, 3.63) is 62.3 Å². The van der Waals surface area contributed by atoms with Crippen LogP contribution in [0.25, 0.3) is 0 Å². The maximum Gasteiger partial charge on any atom is 0.129 e. The predicted molar refractivity (Wildman–Crippen MR) is 80.3 cm³/mol. The Morgan fingerprint density at radius 1 is 1.16 bits per heavy atom. The molecule has 1 N–H and O–H groups in total. The SMILES string of the molecule is N#Cc1ccc(CNc2c(Br)cccc2Br)c(F)c1. The first-order valence-electron chi connectivity index (χ1n) is 5.48. The van der Waals surface area contributed by atoms with Gasteiger partial charge in [0.1, 0.15) is 5.82 Å². The molecule has 0 unspecified atom stereocenters. The highest BCUT2D eigenvalue weighted by Crippen LogP contribution is 2.31. The lowest BCUT2D eigenvalue weighted by Gasteiger charge is -2.11. The summed E-state index contributed by atoms with van der Waals surface area (Å²) in [5, 5.41) is 11.8. The summed E-state index contributed by atoms with van der Waals surface area (Å²) >= 11 is 6.87. The molecule has 19 heavy (non-hydrogen) atoms. The normalized spacial score (nSPS) is 10.0. The van der Waals surface area contributed by atoms with Crippen molar-refractivity contribution < 1.29 is 4.39 Å². The van der Waals surface area contributed by atoms with Crippen molar-refractivity contribution in [2.75, 3.05) is 5.32 Å². The maximum absolute atomic E-state index is 13.7. The van der Waals surface area contributed by atoms with Gasteiger partial charge in [0.2, 0.25) is 0 Å². The summed E-state index contributed by atoms with van der Waals surface area (Å²) in [6, 6.07) is 12.1. The van der Waals surface area contributed by atoms with Crippen LogP contribution in [0.4, 0.5) is 10.1 Å². The number of benzene rings is 2. The topological polar surface area (TPSA) is 35.8 Å². The molecule has 2 aromatic carbocycles. The minimum atomic E-state index is -0.380. The summed E-state index contributed by atoms with van der Waals surface area (Å²) in [7, 11) is 0. The zero-order valence-corrected chi connectivity index (χ0v) is 12.9. The molecule has 2 aromatic rings. The van der Waals surface area contributed by atoms with Gasteiger partial charge in [-0.3, -0.25) is 0 Å². The molecule has 0 amide bonds. The summed E-state index contributed by atoms with van der Waals surface area (Å²) in [5.74, 6) is -0.380. The molecule has 0 aromatic heterocycles. The van der Waals surface area contributed by atoms with Gasteiger partial charge in [0.15, 0.2) is 0 Å². The number of anilines is 1. The molecular formula is C14H9Br2FN2. The lowest BCUT2D eigenvalue weighted by atomic mass is 10.1. The van der Waals surface area contributed by atoms with Gasteiger partial charge >= 0.3 is 0 Å². The van der Waals surface area contributed by atoms with E-state index >= 15 is 0 Å². The number of hydrogen-bond acceptors (Lipinski definition) is 2. The molecule has 0 bridgehead atoms. The molecule has 0 fully saturated rings. The first-order chi connectivity index (χ1) is 9.11. The first kappa shape index (κ1) is 14.0. The Bertz CT molecular complexity index is 630. The number of hydrogen-bond donors (Lipinski definition) is 1. The monoisotopic (exact) mass is 382 g/mol. The smallest absolute Gasteiger partial charge is 0.129 e. The Labute approximate surface area is 127 Å². The fourth-order valence-electron chi connectivity index (χ4n) is 1.61. The molecule has 0 atom stereocenters. The van der Waals surface area contributed by atoms with Gasteiger partial charge in [-0.05, 0) is 56.1 Å². The van der Waals surface area contributed by atoms with Crippen LogP contribution >= 0.6 is 31.9 Å². The second kappa shape index (κ2) is 6.18. The van der Waals surface area contributed by atoms with E-state index in [1.165, 1.54) is 6.07 Å².